The summed E-state index contributed by atoms with van der Waals surface area (Å²) in [5.74, 6) is 3.82. The van der Waals surface area contributed by atoms with Gasteiger partial charge in [-0.1, -0.05) is 0 Å². The maximum Gasteiger partial charge on any atom is 0.187 e. The van der Waals surface area contributed by atoms with Gasteiger partial charge in [0, 0.05) is 37.3 Å². The first-order chi connectivity index (χ1) is 18.1. The molecule has 4 heterocycles. The first kappa shape index (κ1) is 24.2. The molecule has 1 saturated heterocycles. The molecule has 0 amide bonds. The van der Waals surface area contributed by atoms with Crippen LogP contribution in [0.4, 0.5) is 5.82 Å². The van der Waals surface area contributed by atoms with E-state index in [1.54, 1.807) is 25.6 Å². The Hall–Kier alpha value is -4.52. The van der Waals surface area contributed by atoms with Crippen LogP contribution in [0.5, 0.6) is 11.5 Å². The fraction of sp³-hybridized carbons (Fsp3) is 0.333. The molecule has 0 aliphatic carbocycles. The summed E-state index contributed by atoms with van der Waals surface area (Å²) in [5, 5.41) is 17.8. The summed E-state index contributed by atoms with van der Waals surface area (Å²) in [5.41, 5.74) is 1.96. The fourth-order valence-corrected chi connectivity index (χ4v) is 4.53. The summed E-state index contributed by atoms with van der Waals surface area (Å²) in [6, 6.07) is 11.4. The van der Waals surface area contributed by atoms with E-state index in [1.165, 1.54) is 7.11 Å². The predicted molar refractivity (Wildman–Crippen MR) is 138 cm³/mol. The van der Waals surface area contributed by atoms with Gasteiger partial charge in [-0.3, -0.25) is 5.41 Å². The first-order valence-electron chi connectivity index (χ1n) is 12.1. The zero-order chi connectivity index (χ0) is 25.8. The molecule has 0 saturated carbocycles. The Morgan fingerprint density at radius 1 is 1.27 bits per heavy atom. The van der Waals surface area contributed by atoms with Crippen molar-refractivity contribution in [2.45, 2.75) is 19.3 Å². The van der Waals surface area contributed by atoms with Crippen LogP contribution in [0.15, 0.2) is 47.1 Å². The molecule has 1 aliphatic rings. The minimum atomic E-state index is 0.126. The number of aromatic nitrogens is 3. The maximum atomic E-state index is 9.22. The second-order valence-electron chi connectivity index (χ2n) is 8.98. The zero-order valence-electron chi connectivity index (χ0n) is 20.8. The average Bonchev–Trinajstić information content (AvgIpc) is 3.58. The minimum Gasteiger partial charge on any atom is -0.496 e. The van der Waals surface area contributed by atoms with Gasteiger partial charge in [-0.25, -0.2) is 9.97 Å². The van der Waals surface area contributed by atoms with E-state index in [2.05, 4.69) is 25.9 Å². The van der Waals surface area contributed by atoms with E-state index in [-0.39, 0.29) is 12.3 Å². The average molecular weight is 501 g/mol. The van der Waals surface area contributed by atoms with E-state index in [4.69, 9.17) is 24.0 Å². The van der Waals surface area contributed by atoms with Gasteiger partial charge in [-0.05, 0) is 31.0 Å². The molecule has 10 heteroatoms. The highest BCUT2D eigenvalue weighted by atomic mass is 16.5. The summed E-state index contributed by atoms with van der Waals surface area (Å²) in [4.78, 5) is 14.2. The lowest BCUT2D eigenvalue weighted by atomic mass is 9.99. The van der Waals surface area contributed by atoms with Crippen LogP contribution in [0.3, 0.4) is 0 Å². The van der Waals surface area contributed by atoms with Gasteiger partial charge < -0.3 is 28.5 Å². The number of H-pyrrole nitrogens is 1. The van der Waals surface area contributed by atoms with Gasteiger partial charge in [0.2, 0.25) is 0 Å². The molecule has 10 nitrogen and oxygen atoms in total. The number of nitriles is 1. The molecule has 0 bridgehead atoms. The maximum absolute atomic E-state index is 9.22. The molecule has 2 N–H and O–H groups in total. The quantitative estimate of drug-likeness (QED) is 0.266. The van der Waals surface area contributed by atoms with Crippen molar-refractivity contribution in [2.75, 3.05) is 38.8 Å². The molecule has 0 radical (unpaired) electrons. The van der Waals surface area contributed by atoms with Crippen molar-refractivity contribution >= 4 is 22.7 Å². The predicted octanol–water partition coefficient (Wildman–Crippen LogP) is 4.56. The molecule has 0 spiro atoms. The van der Waals surface area contributed by atoms with Crippen molar-refractivity contribution in [3.63, 3.8) is 0 Å². The number of ether oxygens (including phenoxy) is 3. The molecule has 5 rings (SSSR count). The van der Waals surface area contributed by atoms with Crippen molar-refractivity contribution in [3.8, 4) is 29.0 Å². The van der Waals surface area contributed by atoms with Crippen LogP contribution in [-0.4, -0.2) is 54.8 Å². The highest BCUT2D eigenvalue weighted by Crippen LogP contribution is 2.37. The van der Waals surface area contributed by atoms with E-state index in [1.807, 2.05) is 24.3 Å². The third-order valence-electron chi connectivity index (χ3n) is 6.47. The Labute approximate surface area is 214 Å². The fourth-order valence-electron chi connectivity index (χ4n) is 4.53. The highest BCUT2D eigenvalue weighted by Gasteiger charge is 2.23. The molecule has 1 aliphatic heterocycles. The van der Waals surface area contributed by atoms with Crippen LogP contribution in [0.1, 0.15) is 24.2 Å². The number of rotatable bonds is 8. The Morgan fingerprint density at radius 2 is 2.16 bits per heavy atom. The smallest absolute Gasteiger partial charge is 0.187 e. The van der Waals surface area contributed by atoms with Gasteiger partial charge in [0.25, 0.3) is 0 Å². The summed E-state index contributed by atoms with van der Waals surface area (Å²) < 4.78 is 22.9. The standard InChI is InChI=1S/C27H28N6O4/c1-34-19-9-22(36-16-18-4-3-7-33(15-18)27-8-17(13-28)5-6-30-27)20-11-24(37-23(20)10-19)21-14-31-26(32-21)12-25(29)35-2/h5-6,8-11,14,18,29H,3-4,7,12,15-16H2,1-2H3,(H,31,32)/t18-/m1/s1. The van der Waals surface area contributed by atoms with Gasteiger partial charge in [0.1, 0.15) is 34.4 Å². The molecule has 1 aromatic carbocycles. The number of nitrogens with one attached hydrogen (secondary N) is 2. The Bertz CT molecular complexity index is 1450. The van der Waals surface area contributed by atoms with Crippen LogP contribution in [0, 0.1) is 22.7 Å². The number of piperidine rings is 1. The lowest BCUT2D eigenvalue weighted by molar-refractivity contribution is 0.230. The number of anilines is 1. The number of furan rings is 1. The van der Waals surface area contributed by atoms with Crippen molar-refractivity contribution in [1.29, 1.82) is 10.7 Å². The Kier molecular flexibility index (Phi) is 6.94. The van der Waals surface area contributed by atoms with E-state index in [0.717, 1.165) is 37.1 Å². The van der Waals surface area contributed by atoms with Gasteiger partial charge in [0.05, 0.1) is 50.5 Å². The largest absolute Gasteiger partial charge is 0.496 e. The van der Waals surface area contributed by atoms with Crippen LogP contribution in [0.2, 0.25) is 0 Å². The topological polar surface area (TPSA) is 133 Å². The van der Waals surface area contributed by atoms with Crippen molar-refractivity contribution in [3.05, 3.63) is 54.1 Å². The molecule has 0 unspecified atom stereocenters. The van der Waals surface area contributed by atoms with E-state index >= 15 is 0 Å². The van der Waals surface area contributed by atoms with Gasteiger partial charge in [-0.15, -0.1) is 0 Å². The summed E-state index contributed by atoms with van der Waals surface area (Å²) in [7, 11) is 3.08. The van der Waals surface area contributed by atoms with Gasteiger partial charge in [0.15, 0.2) is 11.7 Å². The molecule has 190 valence electrons. The zero-order valence-corrected chi connectivity index (χ0v) is 20.8. The number of methoxy groups -OCH3 is 2. The number of hydrogen-bond donors (Lipinski definition) is 2. The second kappa shape index (κ2) is 10.6. The number of nitrogens with zero attached hydrogens (tertiary/aromatic N) is 4. The van der Waals surface area contributed by atoms with Crippen LogP contribution < -0.4 is 14.4 Å². The minimum absolute atomic E-state index is 0.126. The summed E-state index contributed by atoms with van der Waals surface area (Å²) in [6.45, 7) is 2.24. The highest BCUT2D eigenvalue weighted by molar-refractivity contribution is 5.89. The van der Waals surface area contributed by atoms with E-state index < -0.39 is 0 Å². The lowest BCUT2D eigenvalue weighted by Gasteiger charge is -2.33. The number of hydrogen-bond acceptors (Lipinski definition) is 9. The summed E-state index contributed by atoms with van der Waals surface area (Å²) in [6.07, 6.45) is 5.71. The molecule has 1 atom stereocenters. The third-order valence-corrected chi connectivity index (χ3v) is 6.47. The van der Waals surface area contributed by atoms with Gasteiger partial charge in [-0.2, -0.15) is 5.26 Å². The lowest BCUT2D eigenvalue weighted by Crippen LogP contribution is -2.38. The normalized spacial score (nSPS) is 15.4. The van der Waals surface area contributed by atoms with E-state index in [0.29, 0.717) is 52.4 Å². The molecule has 4 aromatic rings. The van der Waals surface area contributed by atoms with Crippen molar-refractivity contribution in [1.82, 2.24) is 15.0 Å². The molecule has 37 heavy (non-hydrogen) atoms. The number of benzene rings is 1. The second-order valence-corrected chi connectivity index (χ2v) is 8.98. The molecular formula is C27H28N6O4. The summed E-state index contributed by atoms with van der Waals surface area (Å²) >= 11 is 0. The van der Waals surface area contributed by atoms with Crippen LogP contribution in [0.25, 0.3) is 22.4 Å². The number of imidazole rings is 1. The molecule has 1 fully saturated rings. The number of pyridine rings is 1. The van der Waals surface area contributed by atoms with Crippen molar-refractivity contribution < 1.29 is 18.6 Å². The molecule has 3 aromatic heterocycles. The number of fused-ring (bicyclic) bond motifs is 1. The van der Waals surface area contributed by atoms with Gasteiger partial charge >= 0.3 is 0 Å². The molecular weight excluding hydrogens is 472 g/mol. The SMILES string of the molecule is COC(=N)Cc1ncc(-c2cc3c(OC[C@@H]4CCCN(c5cc(C#N)ccn5)C4)cc(OC)cc3o2)[nH]1. The van der Waals surface area contributed by atoms with Crippen LogP contribution in [-0.2, 0) is 11.2 Å². The first-order valence-corrected chi connectivity index (χ1v) is 12.1. The third kappa shape index (κ3) is 5.35. The number of aromatic amines is 1. The van der Waals surface area contributed by atoms with Crippen LogP contribution >= 0.6 is 0 Å². The Balaban J connectivity index is 1.33. The monoisotopic (exact) mass is 500 g/mol. The van der Waals surface area contributed by atoms with Crippen molar-refractivity contribution in [2.24, 2.45) is 5.92 Å². The van der Waals surface area contributed by atoms with E-state index in [9.17, 15) is 5.26 Å². The Morgan fingerprint density at radius 3 is 2.97 bits per heavy atom.